The first kappa shape index (κ1) is 8.29. The number of hydrogen-bond donors (Lipinski definition) is 2. The lowest BCUT2D eigenvalue weighted by Gasteiger charge is -2.15. The molecule has 2 heterocycles. The highest BCUT2D eigenvalue weighted by molar-refractivity contribution is 7.15. The summed E-state index contributed by atoms with van der Waals surface area (Å²) < 4.78 is 0. The molecule has 2 atom stereocenters. The van der Waals surface area contributed by atoms with Gasteiger partial charge in [0.05, 0.1) is 11.6 Å². The third kappa shape index (κ3) is 1.14. The van der Waals surface area contributed by atoms with Gasteiger partial charge in [-0.05, 0) is 24.3 Å². The second-order valence-corrected chi connectivity index (χ2v) is 4.86. The lowest BCUT2D eigenvalue weighted by molar-refractivity contribution is -0.119. The second-order valence-electron chi connectivity index (χ2n) is 3.94. The minimum atomic E-state index is 0.176. The van der Waals surface area contributed by atoms with Gasteiger partial charge in [0, 0.05) is 6.04 Å². The fourth-order valence-electron chi connectivity index (χ4n) is 2.37. The summed E-state index contributed by atoms with van der Waals surface area (Å²) in [5, 5.41) is 9.43. The lowest BCUT2D eigenvalue weighted by atomic mass is 10.0. The standard InChI is InChI=1S/C10H12N2OS/c13-9-6-2-1-3-7(6)11-8-4-5-14-10(8)12-9/h4-7,11H,1-3H2,(H,12,13). The van der Waals surface area contributed by atoms with Gasteiger partial charge in [0.15, 0.2) is 0 Å². The first-order chi connectivity index (χ1) is 6.84. The molecule has 3 nitrogen and oxygen atoms in total. The van der Waals surface area contributed by atoms with Crippen LogP contribution < -0.4 is 10.6 Å². The average molecular weight is 208 g/mol. The van der Waals surface area contributed by atoms with E-state index in [9.17, 15) is 4.79 Å². The maximum Gasteiger partial charge on any atom is 0.230 e. The van der Waals surface area contributed by atoms with Gasteiger partial charge in [-0.2, -0.15) is 0 Å². The molecule has 1 aliphatic heterocycles. The van der Waals surface area contributed by atoms with Gasteiger partial charge >= 0.3 is 0 Å². The van der Waals surface area contributed by atoms with Crippen LogP contribution in [-0.4, -0.2) is 11.9 Å². The van der Waals surface area contributed by atoms with E-state index in [-0.39, 0.29) is 11.8 Å². The first-order valence-electron chi connectivity index (χ1n) is 4.99. The molecule has 2 N–H and O–H groups in total. The SMILES string of the molecule is O=C1Nc2sccc2NC2CCCC12. The fraction of sp³-hybridized carbons (Fsp3) is 0.500. The van der Waals surface area contributed by atoms with E-state index in [1.54, 1.807) is 11.3 Å². The maximum absolute atomic E-state index is 11.8. The van der Waals surface area contributed by atoms with Crippen LogP contribution in [0.25, 0.3) is 0 Å². The van der Waals surface area contributed by atoms with Gasteiger partial charge in [-0.3, -0.25) is 4.79 Å². The monoisotopic (exact) mass is 208 g/mol. The molecule has 0 spiro atoms. The molecule has 14 heavy (non-hydrogen) atoms. The van der Waals surface area contributed by atoms with Crippen molar-refractivity contribution in [1.29, 1.82) is 0 Å². The van der Waals surface area contributed by atoms with E-state index in [1.807, 2.05) is 11.4 Å². The number of thiophene rings is 1. The van der Waals surface area contributed by atoms with Crippen molar-refractivity contribution in [3.8, 4) is 0 Å². The molecule has 4 heteroatoms. The molecule has 1 aromatic rings. The summed E-state index contributed by atoms with van der Waals surface area (Å²) in [5.41, 5.74) is 1.10. The van der Waals surface area contributed by atoms with Crippen LogP contribution in [0.4, 0.5) is 10.7 Å². The summed E-state index contributed by atoms with van der Waals surface area (Å²) in [6.07, 6.45) is 3.31. The van der Waals surface area contributed by atoms with Crippen molar-refractivity contribution in [3.05, 3.63) is 11.4 Å². The van der Waals surface area contributed by atoms with Crippen LogP contribution >= 0.6 is 11.3 Å². The van der Waals surface area contributed by atoms with Crippen LogP contribution in [0.2, 0.25) is 0 Å². The van der Waals surface area contributed by atoms with Gasteiger partial charge in [0.25, 0.3) is 0 Å². The van der Waals surface area contributed by atoms with Crippen LogP contribution in [0.5, 0.6) is 0 Å². The van der Waals surface area contributed by atoms with Gasteiger partial charge in [-0.1, -0.05) is 6.42 Å². The molecule has 0 radical (unpaired) electrons. The number of rotatable bonds is 0. The largest absolute Gasteiger partial charge is 0.379 e. The topological polar surface area (TPSA) is 41.1 Å². The molecule has 1 saturated carbocycles. The number of fused-ring (bicyclic) bond motifs is 2. The molecule has 3 rings (SSSR count). The highest BCUT2D eigenvalue weighted by atomic mass is 32.1. The maximum atomic E-state index is 11.8. The smallest absolute Gasteiger partial charge is 0.230 e. The molecule has 1 fully saturated rings. The number of nitrogens with one attached hydrogen (secondary N) is 2. The number of anilines is 2. The lowest BCUT2D eigenvalue weighted by Crippen LogP contribution is -2.30. The van der Waals surface area contributed by atoms with Gasteiger partial charge < -0.3 is 10.6 Å². The zero-order valence-corrected chi connectivity index (χ0v) is 8.56. The van der Waals surface area contributed by atoms with Crippen molar-refractivity contribution in [3.63, 3.8) is 0 Å². The van der Waals surface area contributed by atoms with Gasteiger partial charge in [-0.15, -0.1) is 11.3 Å². The highest BCUT2D eigenvalue weighted by Gasteiger charge is 2.35. The van der Waals surface area contributed by atoms with Crippen molar-refractivity contribution in [1.82, 2.24) is 0 Å². The Labute approximate surface area is 86.5 Å². The van der Waals surface area contributed by atoms with E-state index in [0.29, 0.717) is 6.04 Å². The van der Waals surface area contributed by atoms with E-state index >= 15 is 0 Å². The first-order valence-corrected chi connectivity index (χ1v) is 5.87. The van der Waals surface area contributed by atoms with Gasteiger partial charge in [0.1, 0.15) is 5.00 Å². The van der Waals surface area contributed by atoms with E-state index in [1.165, 1.54) is 0 Å². The summed E-state index contributed by atoms with van der Waals surface area (Å²) in [7, 11) is 0. The quantitative estimate of drug-likeness (QED) is 0.686. The van der Waals surface area contributed by atoms with Crippen LogP contribution in [0.15, 0.2) is 11.4 Å². The Balaban J connectivity index is 1.98. The molecule has 0 saturated heterocycles. The summed E-state index contributed by atoms with van der Waals surface area (Å²) in [4.78, 5) is 11.8. The normalized spacial score (nSPS) is 29.9. The summed E-state index contributed by atoms with van der Waals surface area (Å²) in [6, 6.07) is 2.40. The Morgan fingerprint density at radius 3 is 3.29 bits per heavy atom. The van der Waals surface area contributed by atoms with Crippen molar-refractivity contribution in [2.75, 3.05) is 10.6 Å². The summed E-state index contributed by atoms with van der Waals surface area (Å²) in [6.45, 7) is 0. The molecule has 1 amide bonds. The van der Waals surface area contributed by atoms with Crippen LogP contribution in [0.1, 0.15) is 19.3 Å². The summed E-state index contributed by atoms with van der Waals surface area (Å²) in [5.74, 6) is 0.371. The highest BCUT2D eigenvalue weighted by Crippen LogP contribution is 2.38. The van der Waals surface area contributed by atoms with Crippen LogP contribution in [-0.2, 0) is 4.79 Å². The zero-order valence-electron chi connectivity index (χ0n) is 7.75. The third-order valence-corrected chi connectivity index (χ3v) is 3.93. The number of amides is 1. The Morgan fingerprint density at radius 1 is 1.43 bits per heavy atom. The van der Waals surface area contributed by atoms with E-state index in [4.69, 9.17) is 0 Å². The number of carbonyl (C=O) groups excluding carboxylic acids is 1. The predicted octanol–water partition coefficient (Wildman–Crippen LogP) is 2.28. The third-order valence-electron chi connectivity index (χ3n) is 3.10. The van der Waals surface area contributed by atoms with Crippen molar-refractivity contribution in [2.24, 2.45) is 5.92 Å². The van der Waals surface area contributed by atoms with Crippen LogP contribution in [0.3, 0.4) is 0 Å². The Bertz CT molecular complexity index is 374. The molecule has 1 aliphatic carbocycles. The average Bonchev–Trinajstić information content (AvgIpc) is 2.75. The molecule has 2 aliphatic rings. The van der Waals surface area contributed by atoms with Gasteiger partial charge in [0.2, 0.25) is 5.91 Å². The van der Waals surface area contributed by atoms with Crippen molar-refractivity contribution >= 4 is 27.9 Å². The van der Waals surface area contributed by atoms with Crippen molar-refractivity contribution < 1.29 is 4.79 Å². The summed E-state index contributed by atoms with van der Waals surface area (Å²) >= 11 is 1.59. The molecule has 2 unspecified atom stereocenters. The van der Waals surface area contributed by atoms with Gasteiger partial charge in [-0.25, -0.2) is 0 Å². The Kier molecular flexibility index (Phi) is 1.77. The minimum absolute atomic E-state index is 0.176. The molecule has 1 aromatic heterocycles. The Morgan fingerprint density at radius 2 is 2.36 bits per heavy atom. The fourth-order valence-corrected chi connectivity index (χ4v) is 3.12. The van der Waals surface area contributed by atoms with E-state index in [2.05, 4.69) is 10.6 Å². The number of carbonyl (C=O) groups is 1. The minimum Gasteiger partial charge on any atom is -0.379 e. The Hall–Kier alpha value is -1.03. The van der Waals surface area contributed by atoms with Crippen LogP contribution in [0, 0.1) is 5.92 Å². The van der Waals surface area contributed by atoms with E-state index < -0.39 is 0 Å². The molecule has 74 valence electrons. The molecular formula is C10H12N2OS. The zero-order chi connectivity index (χ0) is 9.54. The molecule has 0 aromatic carbocycles. The predicted molar refractivity (Wildman–Crippen MR) is 57.7 cm³/mol. The second kappa shape index (κ2) is 2.98. The van der Waals surface area contributed by atoms with Crippen molar-refractivity contribution in [2.45, 2.75) is 25.3 Å². The molecular weight excluding hydrogens is 196 g/mol. The number of hydrogen-bond acceptors (Lipinski definition) is 3. The van der Waals surface area contributed by atoms with E-state index in [0.717, 1.165) is 30.0 Å². The molecule has 0 bridgehead atoms.